The SMILES string of the molecule is Cc1ccc(NC(=O)COc2cccc(C=Nc3cccc(O)c3)c2)cc1C. The third kappa shape index (κ3) is 5.45. The van der Waals surface area contributed by atoms with E-state index in [0.717, 1.165) is 16.8 Å². The van der Waals surface area contributed by atoms with Crippen LogP contribution >= 0.6 is 0 Å². The van der Waals surface area contributed by atoms with Gasteiger partial charge in [0.2, 0.25) is 0 Å². The number of aliphatic imine (C=N–C) groups is 1. The number of hydrogen-bond acceptors (Lipinski definition) is 4. The maximum Gasteiger partial charge on any atom is 0.262 e. The normalized spacial score (nSPS) is 10.8. The second-order valence-corrected chi connectivity index (χ2v) is 6.49. The molecule has 0 aliphatic carbocycles. The van der Waals surface area contributed by atoms with Gasteiger partial charge >= 0.3 is 0 Å². The minimum absolute atomic E-state index is 0.0833. The molecule has 0 bridgehead atoms. The van der Waals surface area contributed by atoms with Crippen LogP contribution in [0.5, 0.6) is 11.5 Å². The number of nitrogens with one attached hydrogen (secondary N) is 1. The van der Waals surface area contributed by atoms with Crippen LogP contribution in [0.4, 0.5) is 11.4 Å². The minimum Gasteiger partial charge on any atom is -0.508 e. The summed E-state index contributed by atoms with van der Waals surface area (Å²) in [6.07, 6.45) is 1.68. The summed E-state index contributed by atoms with van der Waals surface area (Å²) in [7, 11) is 0. The minimum atomic E-state index is -0.220. The van der Waals surface area contributed by atoms with Crippen molar-refractivity contribution in [1.29, 1.82) is 0 Å². The Morgan fingerprint density at radius 1 is 1.04 bits per heavy atom. The van der Waals surface area contributed by atoms with E-state index in [-0.39, 0.29) is 18.3 Å². The van der Waals surface area contributed by atoms with Crippen molar-refractivity contribution >= 4 is 23.5 Å². The lowest BCUT2D eigenvalue weighted by atomic mass is 10.1. The number of phenols is 1. The first-order valence-electron chi connectivity index (χ1n) is 8.93. The van der Waals surface area contributed by atoms with Crippen molar-refractivity contribution in [3.8, 4) is 11.5 Å². The summed E-state index contributed by atoms with van der Waals surface area (Å²) in [6, 6.07) is 19.8. The molecule has 0 aromatic heterocycles. The predicted molar refractivity (Wildman–Crippen MR) is 112 cm³/mol. The van der Waals surface area contributed by atoms with Crippen molar-refractivity contribution in [2.45, 2.75) is 13.8 Å². The van der Waals surface area contributed by atoms with E-state index in [0.29, 0.717) is 11.4 Å². The average molecular weight is 374 g/mol. The van der Waals surface area contributed by atoms with Crippen molar-refractivity contribution in [3.63, 3.8) is 0 Å². The zero-order valence-corrected chi connectivity index (χ0v) is 15.8. The molecule has 1 amide bonds. The van der Waals surface area contributed by atoms with Gasteiger partial charge in [-0.2, -0.15) is 0 Å². The molecule has 3 aromatic carbocycles. The molecule has 0 saturated carbocycles. The molecule has 0 aliphatic heterocycles. The molecule has 5 nitrogen and oxygen atoms in total. The first-order chi connectivity index (χ1) is 13.5. The summed E-state index contributed by atoms with van der Waals surface area (Å²) in [6.45, 7) is 3.95. The number of hydrogen-bond donors (Lipinski definition) is 2. The molecule has 0 fully saturated rings. The predicted octanol–water partition coefficient (Wildman–Crippen LogP) is 4.78. The number of anilines is 1. The lowest BCUT2D eigenvalue weighted by Crippen LogP contribution is -2.20. The number of carbonyl (C=O) groups excluding carboxylic acids is 1. The van der Waals surface area contributed by atoms with Gasteiger partial charge in [-0.05, 0) is 66.9 Å². The Balaban J connectivity index is 1.58. The molecule has 28 heavy (non-hydrogen) atoms. The molecule has 0 unspecified atom stereocenters. The first kappa shape index (κ1) is 19.2. The molecule has 0 spiro atoms. The number of benzene rings is 3. The number of aromatic hydroxyl groups is 1. The topological polar surface area (TPSA) is 70.9 Å². The maximum absolute atomic E-state index is 12.1. The van der Waals surface area contributed by atoms with E-state index in [2.05, 4.69) is 10.3 Å². The number of nitrogens with zero attached hydrogens (tertiary/aromatic N) is 1. The van der Waals surface area contributed by atoms with Crippen LogP contribution in [0.2, 0.25) is 0 Å². The molecule has 0 atom stereocenters. The molecule has 0 saturated heterocycles. The summed E-state index contributed by atoms with van der Waals surface area (Å²) in [5, 5.41) is 12.3. The van der Waals surface area contributed by atoms with Crippen molar-refractivity contribution in [3.05, 3.63) is 83.4 Å². The quantitative estimate of drug-likeness (QED) is 0.610. The third-order valence-corrected chi connectivity index (χ3v) is 4.21. The number of rotatable bonds is 6. The van der Waals surface area contributed by atoms with Crippen molar-refractivity contribution in [1.82, 2.24) is 0 Å². The molecule has 0 radical (unpaired) electrons. The fraction of sp³-hybridized carbons (Fsp3) is 0.130. The number of carbonyl (C=O) groups is 1. The van der Waals surface area contributed by atoms with Crippen molar-refractivity contribution < 1.29 is 14.6 Å². The van der Waals surface area contributed by atoms with Gasteiger partial charge in [-0.3, -0.25) is 9.79 Å². The highest BCUT2D eigenvalue weighted by Crippen LogP contribution is 2.19. The van der Waals surface area contributed by atoms with Crippen LogP contribution in [-0.4, -0.2) is 23.8 Å². The fourth-order valence-electron chi connectivity index (χ4n) is 2.57. The summed E-state index contributed by atoms with van der Waals surface area (Å²) < 4.78 is 5.59. The van der Waals surface area contributed by atoms with Gasteiger partial charge in [0.15, 0.2) is 6.61 Å². The highest BCUT2D eigenvalue weighted by molar-refractivity contribution is 5.92. The smallest absolute Gasteiger partial charge is 0.262 e. The van der Waals surface area contributed by atoms with Gasteiger partial charge in [-0.25, -0.2) is 0 Å². The van der Waals surface area contributed by atoms with E-state index < -0.39 is 0 Å². The highest BCUT2D eigenvalue weighted by Gasteiger charge is 2.05. The van der Waals surface area contributed by atoms with Crippen LogP contribution in [0, 0.1) is 13.8 Å². The molecular formula is C23H22N2O3. The van der Waals surface area contributed by atoms with E-state index in [1.807, 2.05) is 44.2 Å². The van der Waals surface area contributed by atoms with Gasteiger partial charge in [0.1, 0.15) is 11.5 Å². The first-order valence-corrected chi connectivity index (χ1v) is 8.93. The number of aryl methyl sites for hydroxylation is 2. The van der Waals surface area contributed by atoms with Gasteiger partial charge in [-0.15, -0.1) is 0 Å². The molecule has 142 valence electrons. The Morgan fingerprint density at radius 2 is 1.86 bits per heavy atom. The number of phenolic OH excluding ortho intramolecular Hbond substituents is 1. The second-order valence-electron chi connectivity index (χ2n) is 6.49. The molecule has 0 heterocycles. The van der Waals surface area contributed by atoms with Gasteiger partial charge < -0.3 is 15.2 Å². The lowest BCUT2D eigenvalue weighted by molar-refractivity contribution is -0.118. The lowest BCUT2D eigenvalue weighted by Gasteiger charge is -2.09. The standard InChI is InChI=1S/C23H22N2O3/c1-16-9-10-20(11-17(16)2)25-23(27)15-28-22-8-3-5-18(12-22)14-24-19-6-4-7-21(26)13-19/h3-14,26H,15H2,1-2H3,(H,25,27). The van der Waals surface area contributed by atoms with Gasteiger partial charge in [0.25, 0.3) is 5.91 Å². The van der Waals surface area contributed by atoms with E-state index in [1.165, 1.54) is 5.56 Å². The van der Waals surface area contributed by atoms with Crippen molar-refractivity contribution in [2.75, 3.05) is 11.9 Å². The van der Waals surface area contributed by atoms with E-state index in [1.54, 1.807) is 42.6 Å². The van der Waals surface area contributed by atoms with E-state index in [4.69, 9.17) is 4.74 Å². The van der Waals surface area contributed by atoms with Gasteiger partial charge in [-0.1, -0.05) is 24.3 Å². The third-order valence-electron chi connectivity index (χ3n) is 4.21. The van der Waals surface area contributed by atoms with Crippen LogP contribution in [-0.2, 0) is 4.79 Å². The van der Waals surface area contributed by atoms with Crippen molar-refractivity contribution in [2.24, 2.45) is 4.99 Å². The summed E-state index contributed by atoms with van der Waals surface area (Å²) in [5.41, 5.74) is 4.54. The Labute approximate surface area is 164 Å². The molecule has 3 rings (SSSR count). The maximum atomic E-state index is 12.1. The summed E-state index contributed by atoms with van der Waals surface area (Å²) in [5.74, 6) is 0.527. The Hall–Kier alpha value is -3.60. The Morgan fingerprint density at radius 3 is 2.64 bits per heavy atom. The second kappa shape index (κ2) is 8.86. The Bertz CT molecular complexity index is 1010. The van der Waals surface area contributed by atoms with Crippen LogP contribution in [0.15, 0.2) is 71.7 Å². The molecule has 5 heteroatoms. The van der Waals surface area contributed by atoms with E-state index in [9.17, 15) is 9.90 Å². The van der Waals surface area contributed by atoms with Gasteiger partial charge in [0, 0.05) is 18.0 Å². The number of amides is 1. The van der Waals surface area contributed by atoms with Crippen LogP contribution in [0.25, 0.3) is 0 Å². The molecular weight excluding hydrogens is 352 g/mol. The highest BCUT2D eigenvalue weighted by atomic mass is 16.5. The summed E-state index contributed by atoms with van der Waals surface area (Å²) in [4.78, 5) is 16.4. The van der Waals surface area contributed by atoms with Crippen LogP contribution in [0.3, 0.4) is 0 Å². The zero-order valence-electron chi connectivity index (χ0n) is 15.8. The molecule has 3 aromatic rings. The van der Waals surface area contributed by atoms with Crippen LogP contribution < -0.4 is 10.1 Å². The fourth-order valence-corrected chi connectivity index (χ4v) is 2.57. The largest absolute Gasteiger partial charge is 0.508 e. The molecule has 2 N–H and O–H groups in total. The average Bonchev–Trinajstić information content (AvgIpc) is 2.68. The van der Waals surface area contributed by atoms with Crippen LogP contribution in [0.1, 0.15) is 16.7 Å². The monoisotopic (exact) mass is 374 g/mol. The summed E-state index contributed by atoms with van der Waals surface area (Å²) >= 11 is 0. The Kier molecular flexibility index (Phi) is 6.07. The molecule has 0 aliphatic rings. The zero-order chi connectivity index (χ0) is 19.9. The number of ether oxygens (including phenoxy) is 1. The van der Waals surface area contributed by atoms with E-state index >= 15 is 0 Å². The van der Waals surface area contributed by atoms with Gasteiger partial charge in [0.05, 0.1) is 5.69 Å².